The molecule has 3 aromatic carbocycles. The van der Waals surface area contributed by atoms with Crippen molar-refractivity contribution in [2.75, 3.05) is 6.61 Å². The van der Waals surface area contributed by atoms with Gasteiger partial charge in [0.25, 0.3) is 0 Å². The van der Waals surface area contributed by atoms with Crippen LogP contribution < -0.4 is 9.47 Å². The Balaban J connectivity index is 1.18. The van der Waals surface area contributed by atoms with Gasteiger partial charge in [0.2, 0.25) is 11.6 Å². The molecule has 0 amide bonds. The second-order valence-corrected chi connectivity index (χ2v) is 11.3. The molecule has 0 N–H and O–H groups in total. The molecular weight excluding hydrogens is 570 g/mol. The number of benzene rings is 3. The fourth-order valence-corrected chi connectivity index (χ4v) is 6.26. The van der Waals surface area contributed by atoms with E-state index in [2.05, 4.69) is 0 Å². The lowest BCUT2D eigenvalue weighted by Crippen LogP contribution is -2.29. The molecule has 3 nitrogen and oxygen atoms in total. The minimum Gasteiger partial charge on any atom is -0.491 e. The summed E-state index contributed by atoms with van der Waals surface area (Å²) in [6.07, 6.45) is 6.62. The number of carbonyl (C=O) groups excluding carboxylic acids is 1. The molecule has 0 aromatic heterocycles. The van der Waals surface area contributed by atoms with Crippen molar-refractivity contribution in [1.82, 2.24) is 0 Å². The van der Waals surface area contributed by atoms with E-state index in [1.807, 2.05) is 6.08 Å². The first-order chi connectivity index (χ1) is 20.6. The molecule has 0 bridgehead atoms. The summed E-state index contributed by atoms with van der Waals surface area (Å²) in [5.41, 5.74) is 0.136. The Morgan fingerprint density at radius 3 is 1.93 bits per heavy atom. The van der Waals surface area contributed by atoms with Crippen LogP contribution in [-0.4, -0.2) is 12.6 Å². The van der Waals surface area contributed by atoms with Crippen molar-refractivity contribution in [2.45, 2.75) is 58.8 Å². The van der Waals surface area contributed by atoms with Crippen LogP contribution in [0.3, 0.4) is 0 Å². The van der Waals surface area contributed by atoms with Crippen molar-refractivity contribution < 1.29 is 40.6 Å². The molecule has 1 unspecified atom stereocenters. The highest BCUT2D eigenvalue weighted by Crippen LogP contribution is 2.43. The lowest BCUT2D eigenvalue weighted by atomic mass is 9.71. The molecular formula is C34H32F6O3. The lowest BCUT2D eigenvalue weighted by molar-refractivity contribution is -0.140. The quantitative estimate of drug-likeness (QED) is 0.154. The first-order valence-electron chi connectivity index (χ1n) is 14.6. The normalized spacial score (nSPS) is 20.5. The maximum Gasteiger partial charge on any atom is 0.314 e. The van der Waals surface area contributed by atoms with Gasteiger partial charge in [-0.1, -0.05) is 18.2 Å². The molecule has 0 spiro atoms. The van der Waals surface area contributed by atoms with Crippen molar-refractivity contribution in [2.24, 2.45) is 17.8 Å². The van der Waals surface area contributed by atoms with Crippen LogP contribution in [0.5, 0.6) is 11.5 Å². The zero-order chi connectivity index (χ0) is 30.8. The average Bonchev–Trinajstić information content (AvgIpc) is 3.01. The Labute approximate surface area is 246 Å². The van der Waals surface area contributed by atoms with Gasteiger partial charge < -0.3 is 9.47 Å². The predicted molar refractivity (Wildman–Crippen MR) is 150 cm³/mol. The topological polar surface area (TPSA) is 35.5 Å². The molecule has 2 aliphatic carbocycles. The molecule has 0 heterocycles. The van der Waals surface area contributed by atoms with Gasteiger partial charge in [-0.2, -0.15) is 8.78 Å². The number of ether oxygens (including phenoxy) is 2. The van der Waals surface area contributed by atoms with Crippen LogP contribution in [0.1, 0.15) is 63.0 Å². The number of esters is 1. The van der Waals surface area contributed by atoms with Crippen LogP contribution in [0.4, 0.5) is 26.3 Å². The summed E-state index contributed by atoms with van der Waals surface area (Å²) in [6.45, 7) is 3.29. The summed E-state index contributed by atoms with van der Waals surface area (Å²) in [7, 11) is 0. The maximum atomic E-state index is 14.8. The third kappa shape index (κ3) is 6.17. The molecule has 0 aliphatic heterocycles. The van der Waals surface area contributed by atoms with Crippen LogP contribution in [0.2, 0.25) is 0 Å². The predicted octanol–water partition coefficient (Wildman–Crippen LogP) is 9.49. The number of hydrogen-bond donors (Lipinski definition) is 0. The number of hydrogen-bond acceptors (Lipinski definition) is 3. The van der Waals surface area contributed by atoms with Crippen LogP contribution in [-0.2, 0) is 4.79 Å². The van der Waals surface area contributed by atoms with E-state index in [-0.39, 0.29) is 23.5 Å². The summed E-state index contributed by atoms with van der Waals surface area (Å²) < 4.78 is 97.3. The largest absolute Gasteiger partial charge is 0.491 e. The Morgan fingerprint density at radius 1 is 0.698 bits per heavy atom. The van der Waals surface area contributed by atoms with Crippen LogP contribution in [0.25, 0.3) is 16.7 Å². The molecule has 1 saturated carbocycles. The minimum atomic E-state index is -1.45. The fourth-order valence-electron chi connectivity index (χ4n) is 6.26. The Morgan fingerprint density at radius 2 is 1.28 bits per heavy atom. The third-order valence-corrected chi connectivity index (χ3v) is 8.74. The van der Waals surface area contributed by atoms with Crippen molar-refractivity contribution in [3.63, 3.8) is 0 Å². The van der Waals surface area contributed by atoms with E-state index in [0.717, 1.165) is 43.0 Å². The van der Waals surface area contributed by atoms with Gasteiger partial charge in [0.05, 0.1) is 12.5 Å². The standard InChI is InChI=1S/C34H32F6O3/c1-3-42-26-16-14-23(29(36)32(26)39)21-9-5-19(6-10-21)20-7-11-22(12-8-20)34(41)43-27-17-15-25(31(38)33(27)40)24-13-4-18(2)28(35)30(24)37/h4,9,13-17,19-20,22H,3,5-8,10-12H2,1-2H3. The van der Waals surface area contributed by atoms with Gasteiger partial charge in [-0.15, -0.1) is 0 Å². The maximum absolute atomic E-state index is 14.8. The van der Waals surface area contributed by atoms with E-state index in [0.29, 0.717) is 37.5 Å². The van der Waals surface area contributed by atoms with Gasteiger partial charge in [-0.05, 0) is 106 Å². The Bertz CT molecular complexity index is 1560. The van der Waals surface area contributed by atoms with E-state index in [4.69, 9.17) is 9.47 Å². The summed E-state index contributed by atoms with van der Waals surface area (Å²) in [6, 6.07) is 7.53. The number of allylic oxidation sites excluding steroid dienone is 2. The summed E-state index contributed by atoms with van der Waals surface area (Å²) >= 11 is 0. The lowest BCUT2D eigenvalue weighted by Gasteiger charge is -2.35. The number of aryl methyl sites for hydroxylation is 1. The second-order valence-electron chi connectivity index (χ2n) is 11.3. The number of rotatable bonds is 7. The number of carbonyl (C=O) groups is 1. The Kier molecular flexibility index (Phi) is 9.18. The van der Waals surface area contributed by atoms with Crippen LogP contribution in [0, 0.1) is 59.6 Å². The van der Waals surface area contributed by atoms with Gasteiger partial charge in [-0.25, -0.2) is 17.6 Å². The van der Waals surface area contributed by atoms with Gasteiger partial charge >= 0.3 is 5.97 Å². The third-order valence-electron chi connectivity index (χ3n) is 8.74. The second kappa shape index (κ2) is 12.9. The molecule has 3 aromatic rings. The van der Waals surface area contributed by atoms with Gasteiger partial charge in [0, 0.05) is 16.7 Å². The van der Waals surface area contributed by atoms with E-state index in [1.165, 1.54) is 19.1 Å². The molecule has 1 atom stereocenters. The SMILES string of the molecule is CCOc1ccc(C2=CCC(C3CCC(C(=O)Oc4ccc(-c5ccc(C)c(F)c5F)c(F)c4F)CC3)CC2)c(F)c1F. The van der Waals surface area contributed by atoms with E-state index >= 15 is 0 Å². The molecule has 2 aliphatic rings. The first-order valence-corrected chi connectivity index (χ1v) is 14.6. The van der Waals surface area contributed by atoms with Gasteiger partial charge in [0.15, 0.2) is 34.8 Å². The van der Waals surface area contributed by atoms with Crippen molar-refractivity contribution in [3.05, 3.63) is 88.5 Å². The summed E-state index contributed by atoms with van der Waals surface area (Å²) in [4.78, 5) is 12.8. The van der Waals surface area contributed by atoms with Crippen LogP contribution >= 0.6 is 0 Å². The first kappa shape index (κ1) is 30.7. The molecule has 0 saturated heterocycles. The molecule has 5 rings (SSSR count). The summed E-state index contributed by atoms with van der Waals surface area (Å²) in [5.74, 6) is -8.41. The minimum absolute atomic E-state index is 0.0306. The highest BCUT2D eigenvalue weighted by atomic mass is 19.2. The summed E-state index contributed by atoms with van der Waals surface area (Å²) in [5, 5.41) is 0. The highest BCUT2D eigenvalue weighted by molar-refractivity contribution is 5.76. The smallest absolute Gasteiger partial charge is 0.314 e. The zero-order valence-electron chi connectivity index (χ0n) is 23.9. The molecule has 9 heteroatoms. The average molecular weight is 603 g/mol. The molecule has 0 radical (unpaired) electrons. The molecule has 43 heavy (non-hydrogen) atoms. The molecule has 228 valence electrons. The van der Waals surface area contributed by atoms with Crippen molar-refractivity contribution in [3.8, 4) is 22.6 Å². The highest BCUT2D eigenvalue weighted by Gasteiger charge is 2.33. The monoisotopic (exact) mass is 602 g/mol. The van der Waals surface area contributed by atoms with E-state index < -0.39 is 63.7 Å². The Hall–Kier alpha value is -3.75. The van der Waals surface area contributed by atoms with Crippen molar-refractivity contribution >= 4 is 11.5 Å². The van der Waals surface area contributed by atoms with E-state index in [9.17, 15) is 31.1 Å². The zero-order valence-corrected chi connectivity index (χ0v) is 23.9. The van der Waals surface area contributed by atoms with Crippen LogP contribution in [0.15, 0.2) is 42.5 Å². The van der Waals surface area contributed by atoms with Gasteiger partial charge in [0.1, 0.15) is 0 Å². The fraction of sp³-hybridized carbons (Fsp3) is 0.382. The van der Waals surface area contributed by atoms with Gasteiger partial charge in [-0.3, -0.25) is 4.79 Å². The molecule has 1 fully saturated rings. The number of halogens is 6. The van der Waals surface area contributed by atoms with Crippen molar-refractivity contribution in [1.29, 1.82) is 0 Å². The van der Waals surface area contributed by atoms with E-state index in [1.54, 1.807) is 13.0 Å².